The monoisotopic (exact) mass is 212 g/mol. The third kappa shape index (κ3) is 2.39. The Labute approximate surface area is 87.4 Å². The van der Waals surface area contributed by atoms with E-state index in [9.17, 15) is 4.39 Å². The number of ether oxygens (including phenoxy) is 2. The van der Waals surface area contributed by atoms with Gasteiger partial charge in [-0.05, 0) is 25.5 Å². The Bertz CT molecular complexity index is 354. The summed E-state index contributed by atoms with van der Waals surface area (Å²) < 4.78 is 23.8. The zero-order valence-corrected chi connectivity index (χ0v) is 8.44. The van der Waals surface area contributed by atoms with E-state index >= 15 is 0 Å². The second kappa shape index (κ2) is 4.06. The smallest absolute Gasteiger partial charge is 0.200 e. The van der Waals surface area contributed by atoms with Gasteiger partial charge in [0.1, 0.15) is 5.75 Å². The van der Waals surface area contributed by atoms with Crippen molar-refractivity contribution in [3.63, 3.8) is 0 Å². The van der Waals surface area contributed by atoms with Gasteiger partial charge in [-0.2, -0.15) is 0 Å². The third-order valence-corrected chi connectivity index (χ3v) is 2.38. The molecule has 0 aromatic heterocycles. The van der Waals surface area contributed by atoms with Gasteiger partial charge in [0.25, 0.3) is 0 Å². The number of benzene rings is 1. The van der Waals surface area contributed by atoms with Crippen molar-refractivity contribution in [2.45, 2.75) is 32.2 Å². The summed E-state index contributed by atoms with van der Waals surface area (Å²) in [5, 5.41) is 8.98. The lowest BCUT2D eigenvalue weighted by atomic mass is 10.2. The number of phenols is 1. The van der Waals surface area contributed by atoms with E-state index in [2.05, 4.69) is 0 Å². The van der Waals surface area contributed by atoms with Crippen LogP contribution in [0.15, 0.2) is 18.2 Å². The maximum atomic E-state index is 13.0. The highest BCUT2D eigenvalue weighted by molar-refractivity contribution is 5.32. The van der Waals surface area contributed by atoms with Gasteiger partial charge >= 0.3 is 0 Å². The molecule has 0 unspecified atom stereocenters. The number of aromatic hydroxyl groups is 1. The van der Waals surface area contributed by atoms with Crippen molar-refractivity contribution in [1.82, 2.24) is 0 Å². The van der Waals surface area contributed by atoms with E-state index in [0.29, 0.717) is 5.75 Å². The normalized spacial score (nSPS) is 25.5. The van der Waals surface area contributed by atoms with Crippen LogP contribution in [0.3, 0.4) is 0 Å². The number of phenolic OH excluding ortho intramolecular Hbond substituents is 1. The SMILES string of the molecule is C[C@H]1CC[C@H](Oc2ccc(O)c(F)c2)O1. The first kappa shape index (κ1) is 10.2. The second-order valence-electron chi connectivity index (χ2n) is 3.68. The van der Waals surface area contributed by atoms with E-state index in [1.807, 2.05) is 6.92 Å². The van der Waals surface area contributed by atoms with Crippen LogP contribution in [0.25, 0.3) is 0 Å². The quantitative estimate of drug-likeness (QED) is 0.818. The van der Waals surface area contributed by atoms with E-state index < -0.39 is 5.82 Å². The largest absolute Gasteiger partial charge is 0.505 e. The molecule has 0 radical (unpaired) electrons. The topological polar surface area (TPSA) is 38.7 Å². The summed E-state index contributed by atoms with van der Waals surface area (Å²) in [7, 11) is 0. The molecule has 0 amide bonds. The van der Waals surface area contributed by atoms with E-state index in [1.54, 1.807) is 0 Å². The fraction of sp³-hybridized carbons (Fsp3) is 0.455. The van der Waals surface area contributed by atoms with Crippen molar-refractivity contribution < 1.29 is 19.0 Å². The molecule has 2 rings (SSSR count). The van der Waals surface area contributed by atoms with Crippen LogP contribution in [0.4, 0.5) is 4.39 Å². The number of halogens is 1. The molecule has 82 valence electrons. The van der Waals surface area contributed by atoms with Crippen LogP contribution in [0, 0.1) is 5.82 Å². The van der Waals surface area contributed by atoms with E-state index in [-0.39, 0.29) is 18.1 Å². The van der Waals surface area contributed by atoms with Crippen molar-refractivity contribution in [2.24, 2.45) is 0 Å². The molecule has 2 atom stereocenters. The van der Waals surface area contributed by atoms with Gasteiger partial charge < -0.3 is 14.6 Å². The Morgan fingerprint density at radius 1 is 1.47 bits per heavy atom. The number of rotatable bonds is 2. The Hall–Kier alpha value is -1.29. The lowest BCUT2D eigenvalue weighted by molar-refractivity contribution is -0.0672. The average Bonchev–Trinajstić information content (AvgIpc) is 2.58. The van der Waals surface area contributed by atoms with Crippen LogP contribution in [0.1, 0.15) is 19.8 Å². The van der Waals surface area contributed by atoms with Crippen molar-refractivity contribution in [3.8, 4) is 11.5 Å². The molecule has 0 aliphatic carbocycles. The minimum atomic E-state index is -0.682. The van der Waals surface area contributed by atoms with Gasteiger partial charge in [-0.25, -0.2) is 4.39 Å². The molecule has 0 spiro atoms. The Morgan fingerprint density at radius 2 is 2.27 bits per heavy atom. The van der Waals surface area contributed by atoms with Crippen molar-refractivity contribution in [1.29, 1.82) is 0 Å². The lowest BCUT2D eigenvalue weighted by Gasteiger charge is -2.13. The first-order valence-corrected chi connectivity index (χ1v) is 4.96. The van der Waals surface area contributed by atoms with E-state index in [4.69, 9.17) is 14.6 Å². The standard InChI is InChI=1S/C11H13FO3/c1-7-2-5-11(14-7)15-8-3-4-10(13)9(12)6-8/h3-4,6-7,11,13H,2,5H2,1H3/t7-,11-/m0/s1. The van der Waals surface area contributed by atoms with E-state index in [1.165, 1.54) is 12.1 Å². The second-order valence-corrected chi connectivity index (χ2v) is 3.68. The minimum Gasteiger partial charge on any atom is -0.505 e. The molecule has 1 heterocycles. The summed E-state index contributed by atoms with van der Waals surface area (Å²) in [5.41, 5.74) is 0. The fourth-order valence-corrected chi connectivity index (χ4v) is 1.57. The summed E-state index contributed by atoms with van der Waals surface area (Å²) >= 11 is 0. The van der Waals surface area contributed by atoms with E-state index in [0.717, 1.165) is 18.9 Å². The molecule has 1 aromatic carbocycles. The predicted molar refractivity (Wildman–Crippen MR) is 52.3 cm³/mol. The molecule has 15 heavy (non-hydrogen) atoms. The summed E-state index contributed by atoms with van der Waals surface area (Å²) in [6.45, 7) is 1.97. The summed E-state index contributed by atoms with van der Waals surface area (Å²) in [4.78, 5) is 0. The zero-order chi connectivity index (χ0) is 10.8. The molecule has 1 fully saturated rings. The molecule has 1 aromatic rings. The Balaban J connectivity index is 2.02. The molecular weight excluding hydrogens is 199 g/mol. The first-order valence-electron chi connectivity index (χ1n) is 4.96. The predicted octanol–water partition coefficient (Wildman–Crippen LogP) is 2.44. The minimum absolute atomic E-state index is 0.192. The molecule has 1 aliphatic heterocycles. The molecule has 4 heteroatoms. The maximum Gasteiger partial charge on any atom is 0.200 e. The molecule has 1 saturated heterocycles. The summed E-state index contributed by atoms with van der Waals surface area (Å²) in [6, 6.07) is 3.94. The van der Waals surface area contributed by atoms with Gasteiger partial charge in [0, 0.05) is 12.5 Å². The van der Waals surface area contributed by atoms with Gasteiger partial charge in [-0.15, -0.1) is 0 Å². The number of hydrogen-bond acceptors (Lipinski definition) is 3. The highest BCUT2D eigenvalue weighted by atomic mass is 19.1. The molecular formula is C11H13FO3. The van der Waals surface area contributed by atoms with Crippen molar-refractivity contribution in [3.05, 3.63) is 24.0 Å². The molecule has 1 aliphatic rings. The highest BCUT2D eigenvalue weighted by Gasteiger charge is 2.23. The van der Waals surface area contributed by atoms with Crippen LogP contribution < -0.4 is 4.74 Å². The van der Waals surface area contributed by atoms with Gasteiger partial charge in [-0.1, -0.05) is 0 Å². The Kier molecular flexibility index (Phi) is 2.77. The molecule has 0 saturated carbocycles. The van der Waals surface area contributed by atoms with Crippen LogP contribution in [0.2, 0.25) is 0 Å². The molecule has 0 bridgehead atoms. The molecule has 3 nitrogen and oxygen atoms in total. The summed E-state index contributed by atoms with van der Waals surface area (Å²) in [5.74, 6) is -0.675. The van der Waals surface area contributed by atoms with Crippen molar-refractivity contribution in [2.75, 3.05) is 0 Å². The third-order valence-electron chi connectivity index (χ3n) is 2.38. The van der Waals surface area contributed by atoms with Crippen LogP contribution >= 0.6 is 0 Å². The highest BCUT2D eigenvalue weighted by Crippen LogP contribution is 2.26. The van der Waals surface area contributed by atoms with Crippen LogP contribution in [-0.2, 0) is 4.74 Å². The summed E-state index contributed by atoms with van der Waals surface area (Å²) in [6.07, 6.45) is 1.65. The van der Waals surface area contributed by atoms with Gasteiger partial charge in [0.2, 0.25) is 0 Å². The van der Waals surface area contributed by atoms with Crippen LogP contribution in [0.5, 0.6) is 11.5 Å². The molecule has 1 N–H and O–H groups in total. The van der Waals surface area contributed by atoms with Gasteiger partial charge in [-0.3, -0.25) is 0 Å². The fourth-order valence-electron chi connectivity index (χ4n) is 1.57. The van der Waals surface area contributed by atoms with Gasteiger partial charge in [0.15, 0.2) is 17.9 Å². The maximum absolute atomic E-state index is 13.0. The van der Waals surface area contributed by atoms with Crippen LogP contribution in [-0.4, -0.2) is 17.5 Å². The number of hydrogen-bond donors (Lipinski definition) is 1. The van der Waals surface area contributed by atoms with Crippen molar-refractivity contribution >= 4 is 0 Å². The Morgan fingerprint density at radius 3 is 2.87 bits per heavy atom. The lowest BCUT2D eigenvalue weighted by Crippen LogP contribution is -2.15. The average molecular weight is 212 g/mol. The zero-order valence-electron chi connectivity index (χ0n) is 8.44. The first-order chi connectivity index (χ1) is 7.15. The van der Waals surface area contributed by atoms with Gasteiger partial charge in [0.05, 0.1) is 6.10 Å².